The van der Waals surface area contributed by atoms with E-state index in [2.05, 4.69) is 10.4 Å². The van der Waals surface area contributed by atoms with E-state index in [1.54, 1.807) is 34.8 Å². The number of nitrogens with zero attached hydrogens (tertiary/aromatic N) is 3. The summed E-state index contributed by atoms with van der Waals surface area (Å²) in [5.41, 5.74) is 3.12. The van der Waals surface area contributed by atoms with Gasteiger partial charge in [-0.25, -0.2) is 8.42 Å². The van der Waals surface area contributed by atoms with Crippen LogP contribution in [0.2, 0.25) is 0 Å². The number of sulfonamides is 1. The topological polar surface area (TPSA) is 84.3 Å². The van der Waals surface area contributed by atoms with E-state index in [9.17, 15) is 13.2 Å². The second-order valence-corrected chi connectivity index (χ2v) is 9.94. The molecule has 0 bridgehead atoms. The zero-order chi connectivity index (χ0) is 22.4. The van der Waals surface area contributed by atoms with Crippen LogP contribution in [0, 0.1) is 0 Å². The first-order chi connectivity index (χ1) is 15.5. The van der Waals surface area contributed by atoms with Gasteiger partial charge in [0, 0.05) is 38.4 Å². The van der Waals surface area contributed by atoms with Crippen LogP contribution in [0.25, 0.3) is 0 Å². The lowest BCUT2D eigenvalue weighted by Crippen LogP contribution is -2.27. The van der Waals surface area contributed by atoms with Crippen molar-refractivity contribution in [1.29, 1.82) is 0 Å². The number of hydrogen-bond acceptors (Lipinski definition) is 4. The maximum absolute atomic E-state index is 12.6. The summed E-state index contributed by atoms with van der Waals surface area (Å²) in [6.07, 6.45) is 6.40. The van der Waals surface area contributed by atoms with Crippen molar-refractivity contribution >= 4 is 15.9 Å². The summed E-state index contributed by atoms with van der Waals surface area (Å²) in [7, 11) is -3.40. The van der Waals surface area contributed by atoms with Gasteiger partial charge in [-0.05, 0) is 54.2 Å². The van der Waals surface area contributed by atoms with Crippen LogP contribution in [0.4, 0.5) is 0 Å². The molecule has 0 atom stereocenters. The molecule has 1 saturated heterocycles. The molecular weight excluding hydrogens is 424 g/mol. The molecule has 1 amide bonds. The molecule has 32 heavy (non-hydrogen) atoms. The van der Waals surface area contributed by atoms with E-state index in [0.29, 0.717) is 43.9 Å². The third kappa shape index (κ3) is 5.44. The number of hydrogen-bond donors (Lipinski definition) is 1. The van der Waals surface area contributed by atoms with Crippen molar-refractivity contribution in [1.82, 2.24) is 19.4 Å². The van der Waals surface area contributed by atoms with E-state index < -0.39 is 10.0 Å². The number of aryl methyl sites for hydroxylation is 1. The molecule has 0 radical (unpaired) electrons. The Labute approximate surface area is 189 Å². The molecule has 8 heteroatoms. The Morgan fingerprint density at radius 1 is 0.969 bits per heavy atom. The zero-order valence-corrected chi connectivity index (χ0v) is 18.8. The molecule has 3 aromatic rings. The molecule has 2 aromatic carbocycles. The lowest BCUT2D eigenvalue weighted by Gasteiger charge is -2.15. The molecule has 0 spiro atoms. The van der Waals surface area contributed by atoms with E-state index in [4.69, 9.17) is 0 Å². The van der Waals surface area contributed by atoms with Gasteiger partial charge in [-0.1, -0.05) is 36.4 Å². The van der Waals surface area contributed by atoms with Crippen LogP contribution in [0.3, 0.4) is 0 Å². The van der Waals surface area contributed by atoms with Gasteiger partial charge in [-0.15, -0.1) is 0 Å². The Balaban J connectivity index is 1.28. The summed E-state index contributed by atoms with van der Waals surface area (Å²) >= 11 is 0. The van der Waals surface area contributed by atoms with Gasteiger partial charge in [-0.2, -0.15) is 9.40 Å². The molecule has 2 heterocycles. The second-order valence-electron chi connectivity index (χ2n) is 8.00. The molecule has 1 N–H and O–H groups in total. The van der Waals surface area contributed by atoms with Crippen LogP contribution in [0.5, 0.6) is 0 Å². The lowest BCUT2D eigenvalue weighted by atomic mass is 10.1. The van der Waals surface area contributed by atoms with Crippen molar-refractivity contribution in [2.24, 2.45) is 0 Å². The monoisotopic (exact) mass is 452 g/mol. The van der Waals surface area contributed by atoms with Crippen molar-refractivity contribution < 1.29 is 13.2 Å². The normalized spacial score (nSPS) is 14.5. The Kier molecular flexibility index (Phi) is 7.02. The first-order valence-corrected chi connectivity index (χ1v) is 12.4. The van der Waals surface area contributed by atoms with Gasteiger partial charge in [0.2, 0.25) is 15.9 Å². The first kappa shape index (κ1) is 22.2. The van der Waals surface area contributed by atoms with Crippen molar-refractivity contribution in [2.75, 3.05) is 13.1 Å². The van der Waals surface area contributed by atoms with Crippen LogP contribution >= 0.6 is 0 Å². The van der Waals surface area contributed by atoms with Gasteiger partial charge >= 0.3 is 0 Å². The number of amides is 1. The summed E-state index contributed by atoms with van der Waals surface area (Å²) in [4.78, 5) is 12.7. The Hall–Kier alpha value is -2.97. The quantitative estimate of drug-likeness (QED) is 0.541. The van der Waals surface area contributed by atoms with Crippen LogP contribution < -0.4 is 5.32 Å². The summed E-state index contributed by atoms with van der Waals surface area (Å²) in [6, 6.07) is 16.8. The smallest absolute Gasteiger partial charge is 0.243 e. The fourth-order valence-corrected chi connectivity index (χ4v) is 5.42. The van der Waals surface area contributed by atoms with Crippen molar-refractivity contribution in [3.8, 4) is 0 Å². The zero-order valence-electron chi connectivity index (χ0n) is 18.0. The molecule has 168 valence electrons. The predicted octanol–water partition coefficient (Wildman–Crippen LogP) is 2.96. The van der Waals surface area contributed by atoms with Crippen LogP contribution in [0.15, 0.2) is 71.9 Å². The summed E-state index contributed by atoms with van der Waals surface area (Å²) in [5.74, 6) is -0.0346. The number of carbonyl (C=O) groups is 1. The average molecular weight is 453 g/mol. The highest BCUT2D eigenvalue weighted by Crippen LogP contribution is 2.21. The van der Waals surface area contributed by atoms with E-state index in [1.165, 1.54) is 0 Å². The molecule has 0 unspecified atom stereocenters. The average Bonchev–Trinajstić information content (AvgIpc) is 3.52. The second kappa shape index (κ2) is 10.1. The molecule has 1 aromatic heterocycles. The number of nitrogens with one attached hydrogen (secondary N) is 1. The number of carbonyl (C=O) groups excluding carboxylic acids is 1. The van der Waals surface area contributed by atoms with Gasteiger partial charge in [0.15, 0.2) is 0 Å². The van der Waals surface area contributed by atoms with E-state index in [-0.39, 0.29) is 5.91 Å². The van der Waals surface area contributed by atoms with Gasteiger partial charge in [0.05, 0.1) is 11.4 Å². The molecule has 1 aliphatic heterocycles. The number of benzene rings is 2. The minimum Gasteiger partial charge on any atom is -0.352 e. The molecule has 4 rings (SSSR count). The van der Waals surface area contributed by atoms with Gasteiger partial charge in [0.25, 0.3) is 0 Å². The van der Waals surface area contributed by atoms with E-state index in [0.717, 1.165) is 29.5 Å². The molecule has 0 saturated carbocycles. The third-order valence-corrected chi connectivity index (χ3v) is 7.67. The van der Waals surface area contributed by atoms with Crippen LogP contribution in [-0.4, -0.2) is 41.5 Å². The SMILES string of the molecule is O=C(CCc1ccc(S(=O)(=O)N2CCCC2)cc1)NCc1ccccc1Cn1cccn1. The minimum atomic E-state index is -3.40. The molecular formula is C24H28N4O3S. The van der Waals surface area contributed by atoms with Crippen molar-refractivity contribution in [3.05, 3.63) is 83.7 Å². The highest BCUT2D eigenvalue weighted by Gasteiger charge is 2.26. The van der Waals surface area contributed by atoms with Crippen LogP contribution in [0.1, 0.15) is 36.0 Å². The van der Waals surface area contributed by atoms with Crippen molar-refractivity contribution in [2.45, 2.75) is 43.7 Å². The lowest BCUT2D eigenvalue weighted by molar-refractivity contribution is -0.121. The molecule has 1 fully saturated rings. The van der Waals surface area contributed by atoms with Crippen molar-refractivity contribution in [3.63, 3.8) is 0 Å². The Morgan fingerprint density at radius 3 is 2.38 bits per heavy atom. The largest absolute Gasteiger partial charge is 0.352 e. The number of rotatable bonds is 9. The Morgan fingerprint density at radius 2 is 1.69 bits per heavy atom. The van der Waals surface area contributed by atoms with Gasteiger partial charge in [-0.3, -0.25) is 9.48 Å². The number of aromatic nitrogens is 2. The molecule has 7 nitrogen and oxygen atoms in total. The Bertz CT molecular complexity index is 1140. The third-order valence-electron chi connectivity index (χ3n) is 5.75. The molecule has 0 aliphatic carbocycles. The summed E-state index contributed by atoms with van der Waals surface area (Å²) in [5, 5.41) is 7.23. The van der Waals surface area contributed by atoms with E-state index >= 15 is 0 Å². The predicted molar refractivity (Wildman–Crippen MR) is 122 cm³/mol. The minimum absolute atomic E-state index is 0.0346. The maximum atomic E-state index is 12.6. The standard InChI is InChI=1S/C24H28N4O3S/c29-24(25-18-21-6-1-2-7-22(21)19-27-15-5-14-26-27)13-10-20-8-11-23(12-9-20)32(30,31)28-16-3-4-17-28/h1-2,5-9,11-12,14-15H,3-4,10,13,16-19H2,(H,25,29). The fraction of sp³-hybridized carbons (Fsp3) is 0.333. The summed E-state index contributed by atoms with van der Waals surface area (Å²) in [6.45, 7) is 2.31. The van der Waals surface area contributed by atoms with Crippen LogP contribution in [-0.2, 0) is 34.3 Å². The highest BCUT2D eigenvalue weighted by atomic mass is 32.2. The van der Waals surface area contributed by atoms with E-state index in [1.807, 2.05) is 41.2 Å². The van der Waals surface area contributed by atoms with Gasteiger partial charge < -0.3 is 5.32 Å². The fourth-order valence-electron chi connectivity index (χ4n) is 3.90. The molecule has 1 aliphatic rings. The van der Waals surface area contributed by atoms with Gasteiger partial charge in [0.1, 0.15) is 0 Å². The maximum Gasteiger partial charge on any atom is 0.243 e. The summed E-state index contributed by atoms with van der Waals surface area (Å²) < 4.78 is 28.6. The first-order valence-electron chi connectivity index (χ1n) is 10.9. The highest BCUT2D eigenvalue weighted by molar-refractivity contribution is 7.89.